The molecule has 1 aromatic rings. The molecule has 0 amide bonds. The molecule has 0 aliphatic heterocycles. The molecule has 0 aromatic carbocycles. The maximum atomic E-state index is 9.97. The van der Waals surface area contributed by atoms with Crippen LogP contribution in [0.3, 0.4) is 0 Å². The molecule has 0 radical (unpaired) electrons. The van der Waals surface area contributed by atoms with E-state index in [2.05, 4.69) is 4.98 Å². The van der Waals surface area contributed by atoms with Crippen molar-refractivity contribution in [3.63, 3.8) is 0 Å². The lowest BCUT2D eigenvalue weighted by Gasteiger charge is -2.22. The minimum Gasteiger partial charge on any atom is -0.388 e. The van der Waals surface area contributed by atoms with Crippen LogP contribution in [0.1, 0.15) is 26.1 Å². The van der Waals surface area contributed by atoms with E-state index in [1.165, 1.54) is 0 Å². The summed E-state index contributed by atoms with van der Waals surface area (Å²) in [6.07, 6.45) is 5.11. The smallest absolute Gasteiger partial charge is 0.108 e. The summed E-state index contributed by atoms with van der Waals surface area (Å²) in [6.45, 7) is 4.74. The average Bonchev–Trinajstić information content (AvgIpc) is 2.58. The van der Waals surface area contributed by atoms with Crippen LogP contribution in [-0.2, 0) is 18.2 Å². The van der Waals surface area contributed by atoms with Gasteiger partial charge in [0.15, 0.2) is 0 Å². The summed E-state index contributed by atoms with van der Waals surface area (Å²) in [6, 6.07) is 0. The van der Waals surface area contributed by atoms with E-state index in [9.17, 15) is 5.11 Å². The van der Waals surface area contributed by atoms with Crippen LogP contribution in [0.2, 0.25) is 0 Å². The molecule has 1 atom stereocenters. The first-order chi connectivity index (χ1) is 7.05. The topological polar surface area (TPSA) is 47.3 Å². The van der Waals surface area contributed by atoms with Gasteiger partial charge in [-0.25, -0.2) is 4.98 Å². The molecule has 0 spiro atoms. The Hall–Kier alpha value is -0.870. The lowest BCUT2D eigenvalue weighted by Crippen LogP contribution is -2.31. The number of aromatic nitrogens is 2. The zero-order valence-corrected chi connectivity index (χ0v) is 9.73. The molecule has 86 valence electrons. The monoisotopic (exact) mass is 212 g/mol. The predicted octanol–water partition coefficient (Wildman–Crippen LogP) is 1.14. The third-order valence-corrected chi connectivity index (χ3v) is 2.43. The first-order valence-corrected chi connectivity index (χ1v) is 5.31. The number of hydrogen-bond acceptors (Lipinski definition) is 3. The van der Waals surface area contributed by atoms with E-state index in [-0.39, 0.29) is 0 Å². The van der Waals surface area contributed by atoms with Crippen LogP contribution in [0.15, 0.2) is 12.4 Å². The molecule has 4 heteroatoms. The van der Waals surface area contributed by atoms with Crippen LogP contribution in [-0.4, -0.2) is 33.5 Å². The Morgan fingerprint density at radius 2 is 2.33 bits per heavy atom. The van der Waals surface area contributed by atoms with Gasteiger partial charge in [0.1, 0.15) is 5.82 Å². The molecule has 0 fully saturated rings. The van der Waals surface area contributed by atoms with Crippen molar-refractivity contribution in [2.45, 2.75) is 32.3 Å². The Morgan fingerprint density at radius 1 is 1.60 bits per heavy atom. The quantitative estimate of drug-likeness (QED) is 0.769. The van der Waals surface area contributed by atoms with Crippen LogP contribution < -0.4 is 0 Å². The van der Waals surface area contributed by atoms with Crippen LogP contribution in [0.5, 0.6) is 0 Å². The summed E-state index contributed by atoms with van der Waals surface area (Å²) >= 11 is 0. The summed E-state index contributed by atoms with van der Waals surface area (Å²) in [7, 11) is 1.96. The van der Waals surface area contributed by atoms with Gasteiger partial charge in [-0.1, -0.05) is 0 Å². The molecule has 0 aliphatic rings. The highest BCUT2D eigenvalue weighted by Crippen LogP contribution is 2.13. The van der Waals surface area contributed by atoms with Crippen molar-refractivity contribution in [2.24, 2.45) is 7.05 Å². The molecule has 1 rings (SSSR count). The molecule has 0 saturated heterocycles. The van der Waals surface area contributed by atoms with Gasteiger partial charge < -0.3 is 14.4 Å². The van der Waals surface area contributed by atoms with Crippen molar-refractivity contribution < 1.29 is 9.84 Å². The normalized spacial score (nSPS) is 15.2. The molecule has 15 heavy (non-hydrogen) atoms. The Kier molecular flexibility index (Phi) is 4.29. The van der Waals surface area contributed by atoms with Crippen LogP contribution in [0, 0.1) is 0 Å². The summed E-state index contributed by atoms with van der Waals surface area (Å²) < 4.78 is 7.19. The highest BCUT2D eigenvalue weighted by Gasteiger charge is 2.20. The minimum absolute atomic E-state index is 0.383. The molecule has 4 nitrogen and oxygen atoms in total. The first kappa shape index (κ1) is 12.2. The zero-order valence-electron chi connectivity index (χ0n) is 9.73. The second-order valence-corrected chi connectivity index (χ2v) is 4.09. The highest BCUT2D eigenvalue weighted by molar-refractivity contribution is 4.92. The number of ether oxygens (including phenoxy) is 1. The third-order valence-electron chi connectivity index (χ3n) is 2.43. The summed E-state index contributed by atoms with van der Waals surface area (Å²) in [4.78, 5) is 4.21. The van der Waals surface area contributed by atoms with E-state index in [1.807, 2.05) is 24.7 Å². The van der Waals surface area contributed by atoms with E-state index in [0.29, 0.717) is 19.6 Å². The van der Waals surface area contributed by atoms with Gasteiger partial charge in [-0.2, -0.15) is 0 Å². The third kappa shape index (κ3) is 4.01. The van der Waals surface area contributed by atoms with Gasteiger partial charge in [0.2, 0.25) is 0 Å². The van der Waals surface area contributed by atoms with Crippen LogP contribution in [0.4, 0.5) is 0 Å². The summed E-state index contributed by atoms with van der Waals surface area (Å²) in [5, 5.41) is 9.97. The minimum atomic E-state index is -0.762. The van der Waals surface area contributed by atoms with Gasteiger partial charge in [0.05, 0.1) is 12.2 Å². The molecular formula is C11H20N2O2. The lowest BCUT2D eigenvalue weighted by atomic mass is 10.0. The second kappa shape index (κ2) is 5.28. The first-order valence-electron chi connectivity index (χ1n) is 5.31. The maximum absolute atomic E-state index is 9.97. The van der Waals surface area contributed by atoms with Gasteiger partial charge in [0, 0.05) is 32.5 Å². The van der Waals surface area contributed by atoms with Gasteiger partial charge in [0.25, 0.3) is 0 Å². The van der Waals surface area contributed by atoms with Crippen molar-refractivity contribution in [2.75, 3.05) is 13.2 Å². The molecule has 0 bridgehead atoms. The number of aryl methyl sites for hydroxylation is 2. The number of nitrogens with zero attached hydrogens (tertiary/aromatic N) is 2. The fraction of sp³-hybridized carbons (Fsp3) is 0.727. The van der Waals surface area contributed by atoms with Crippen molar-refractivity contribution in [1.29, 1.82) is 0 Å². The molecule has 1 heterocycles. The number of hydrogen-bond donors (Lipinski definition) is 1. The van der Waals surface area contributed by atoms with E-state index < -0.39 is 5.60 Å². The Balaban J connectivity index is 2.39. The summed E-state index contributed by atoms with van der Waals surface area (Å²) in [5.41, 5.74) is -0.762. The molecular weight excluding hydrogens is 192 g/mol. The van der Waals surface area contributed by atoms with Gasteiger partial charge in [-0.15, -0.1) is 0 Å². The van der Waals surface area contributed by atoms with Gasteiger partial charge in [-0.05, 0) is 20.3 Å². The molecule has 0 saturated carbocycles. The second-order valence-electron chi connectivity index (χ2n) is 4.09. The largest absolute Gasteiger partial charge is 0.388 e. The van der Waals surface area contributed by atoms with E-state index in [4.69, 9.17) is 4.74 Å². The molecule has 1 unspecified atom stereocenters. The Morgan fingerprint density at radius 3 is 2.87 bits per heavy atom. The average molecular weight is 212 g/mol. The Bertz CT molecular complexity index is 295. The molecule has 1 N–H and O–H groups in total. The molecule has 1 aromatic heterocycles. The van der Waals surface area contributed by atoms with Crippen molar-refractivity contribution in [3.8, 4) is 0 Å². The number of rotatable bonds is 6. The number of aliphatic hydroxyl groups is 1. The summed E-state index contributed by atoms with van der Waals surface area (Å²) in [5.74, 6) is 0.992. The van der Waals surface area contributed by atoms with Crippen molar-refractivity contribution in [1.82, 2.24) is 9.55 Å². The Labute approximate surface area is 90.9 Å². The van der Waals surface area contributed by atoms with Crippen LogP contribution in [0.25, 0.3) is 0 Å². The van der Waals surface area contributed by atoms with Gasteiger partial charge in [-0.3, -0.25) is 0 Å². The van der Waals surface area contributed by atoms with Crippen molar-refractivity contribution >= 4 is 0 Å². The van der Waals surface area contributed by atoms with E-state index in [1.54, 1.807) is 13.1 Å². The van der Waals surface area contributed by atoms with E-state index >= 15 is 0 Å². The lowest BCUT2D eigenvalue weighted by molar-refractivity contribution is -0.0356. The maximum Gasteiger partial charge on any atom is 0.108 e. The highest BCUT2D eigenvalue weighted by atomic mass is 16.5. The zero-order chi connectivity index (χ0) is 11.3. The SMILES string of the molecule is CCOCC(C)(O)CCc1nccn1C. The van der Waals surface area contributed by atoms with Gasteiger partial charge >= 0.3 is 0 Å². The van der Waals surface area contributed by atoms with Crippen LogP contribution >= 0.6 is 0 Å². The number of imidazole rings is 1. The van der Waals surface area contributed by atoms with Crippen molar-refractivity contribution in [3.05, 3.63) is 18.2 Å². The fourth-order valence-corrected chi connectivity index (χ4v) is 1.41. The fourth-order valence-electron chi connectivity index (χ4n) is 1.41. The standard InChI is InChI=1S/C11H20N2O2/c1-4-15-9-11(2,14)6-5-10-12-7-8-13(10)3/h7-8,14H,4-6,9H2,1-3H3. The van der Waals surface area contributed by atoms with E-state index in [0.717, 1.165) is 12.2 Å². The predicted molar refractivity (Wildman–Crippen MR) is 58.6 cm³/mol. The molecule has 0 aliphatic carbocycles.